The minimum Gasteiger partial charge on any atom is -0.489 e. The summed E-state index contributed by atoms with van der Waals surface area (Å²) >= 11 is 6.12. The predicted octanol–water partition coefficient (Wildman–Crippen LogP) is 5.12. The first-order valence-corrected chi connectivity index (χ1v) is 7.93. The Labute approximate surface area is 138 Å². The molecule has 0 aliphatic carbocycles. The van der Waals surface area contributed by atoms with Crippen molar-refractivity contribution >= 4 is 11.6 Å². The van der Waals surface area contributed by atoms with Crippen LogP contribution in [0.2, 0.25) is 5.02 Å². The lowest BCUT2D eigenvalue weighted by Gasteiger charge is -2.22. The van der Waals surface area contributed by atoms with Gasteiger partial charge in [0, 0.05) is 22.7 Å². The van der Waals surface area contributed by atoms with E-state index in [0.29, 0.717) is 6.61 Å². The molecule has 0 bridgehead atoms. The van der Waals surface area contributed by atoms with E-state index in [0.717, 1.165) is 22.9 Å². The van der Waals surface area contributed by atoms with Crippen LogP contribution in [0.3, 0.4) is 0 Å². The third-order valence-electron chi connectivity index (χ3n) is 3.31. The maximum atomic E-state index is 6.12. The Morgan fingerprint density at radius 3 is 2.55 bits per heavy atom. The topological polar surface area (TPSA) is 21.3 Å². The van der Waals surface area contributed by atoms with Gasteiger partial charge in [0.25, 0.3) is 0 Å². The molecule has 2 aromatic rings. The minimum absolute atomic E-state index is 0.0517. The number of rotatable bonds is 5. The summed E-state index contributed by atoms with van der Waals surface area (Å²) < 4.78 is 6.00. The summed E-state index contributed by atoms with van der Waals surface area (Å²) in [5.41, 5.74) is 3.54. The van der Waals surface area contributed by atoms with Crippen molar-refractivity contribution in [2.24, 2.45) is 0 Å². The molecule has 22 heavy (non-hydrogen) atoms. The number of hydrogen-bond donors (Lipinski definition) is 1. The average molecular weight is 318 g/mol. The lowest BCUT2D eigenvalue weighted by atomic mass is 10.1. The molecule has 2 rings (SSSR count). The first-order valence-electron chi connectivity index (χ1n) is 7.55. The Morgan fingerprint density at radius 2 is 1.86 bits per heavy atom. The molecule has 0 aliphatic rings. The van der Waals surface area contributed by atoms with E-state index in [4.69, 9.17) is 16.3 Å². The highest BCUT2D eigenvalue weighted by atomic mass is 35.5. The smallest absolute Gasteiger partial charge is 0.124 e. The molecular weight excluding hydrogens is 294 g/mol. The van der Waals surface area contributed by atoms with Gasteiger partial charge in [-0.1, -0.05) is 41.4 Å². The van der Waals surface area contributed by atoms with Crippen LogP contribution in [-0.2, 0) is 13.2 Å². The van der Waals surface area contributed by atoms with Gasteiger partial charge >= 0.3 is 0 Å². The zero-order valence-corrected chi connectivity index (χ0v) is 14.5. The van der Waals surface area contributed by atoms with Crippen molar-refractivity contribution in [3.05, 3.63) is 64.2 Å². The summed E-state index contributed by atoms with van der Waals surface area (Å²) in [6, 6.07) is 14.1. The van der Waals surface area contributed by atoms with Crippen LogP contribution in [0.25, 0.3) is 0 Å². The van der Waals surface area contributed by atoms with Crippen molar-refractivity contribution in [1.29, 1.82) is 0 Å². The maximum absolute atomic E-state index is 6.12. The normalized spacial score (nSPS) is 11.5. The van der Waals surface area contributed by atoms with E-state index in [1.807, 2.05) is 18.2 Å². The Hall–Kier alpha value is -1.51. The number of halogens is 1. The zero-order valence-electron chi connectivity index (χ0n) is 13.7. The zero-order chi connectivity index (χ0) is 16.2. The Morgan fingerprint density at radius 1 is 1.09 bits per heavy atom. The second-order valence-corrected chi connectivity index (χ2v) is 7.07. The molecule has 0 spiro atoms. The van der Waals surface area contributed by atoms with Gasteiger partial charge in [-0.2, -0.15) is 0 Å². The number of ether oxygens (including phenoxy) is 1. The fourth-order valence-corrected chi connectivity index (χ4v) is 2.35. The summed E-state index contributed by atoms with van der Waals surface area (Å²) in [5, 5.41) is 4.20. The molecule has 0 heterocycles. The highest BCUT2D eigenvalue weighted by Gasteiger charge is 2.11. The Kier molecular flexibility index (Phi) is 5.49. The van der Waals surface area contributed by atoms with Crippen LogP contribution in [0.5, 0.6) is 5.75 Å². The number of hydrogen-bond acceptors (Lipinski definition) is 2. The van der Waals surface area contributed by atoms with Crippen molar-refractivity contribution in [3.8, 4) is 5.75 Å². The molecule has 0 saturated carbocycles. The van der Waals surface area contributed by atoms with Crippen LogP contribution in [0.1, 0.15) is 37.5 Å². The highest BCUT2D eigenvalue weighted by Crippen LogP contribution is 2.24. The van der Waals surface area contributed by atoms with Crippen LogP contribution in [0.4, 0.5) is 0 Å². The van der Waals surface area contributed by atoms with Gasteiger partial charge in [0.1, 0.15) is 12.4 Å². The second-order valence-electron chi connectivity index (χ2n) is 6.63. The van der Waals surface area contributed by atoms with Gasteiger partial charge in [-0.25, -0.2) is 0 Å². The van der Waals surface area contributed by atoms with Gasteiger partial charge in [-0.3, -0.25) is 0 Å². The fraction of sp³-hybridized carbons (Fsp3) is 0.368. The van der Waals surface area contributed by atoms with Crippen molar-refractivity contribution < 1.29 is 4.74 Å². The summed E-state index contributed by atoms with van der Waals surface area (Å²) in [5.74, 6) is 0.877. The highest BCUT2D eigenvalue weighted by molar-refractivity contribution is 6.30. The van der Waals surface area contributed by atoms with Gasteiger partial charge in [-0.15, -0.1) is 0 Å². The van der Waals surface area contributed by atoms with E-state index in [9.17, 15) is 0 Å². The maximum Gasteiger partial charge on any atom is 0.124 e. The van der Waals surface area contributed by atoms with Crippen molar-refractivity contribution in [3.63, 3.8) is 0 Å². The van der Waals surface area contributed by atoms with Crippen molar-refractivity contribution in [1.82, 2.24) is 5.32 Å². The van der Waals surface area contributed by atoms with Gasteiger partial charge in [0.15, 0.2) is 0 Å². The molecule has 0 atom stereocenters. The lowest BCUT2D eigenvalue weighted by Crippen LogP contribution is -2.35. The second kappa shape index (κ2) is 7.17. The van der Waals surface area contributed by atoms with E-state index < -0.39 is 0 Å². The summed E-state index contributed by atoms with van der Waals surface area (Å²) in [4.78, 5) is 0. The predicted molar refractivity (Wildman–Crippen MR) is 93.6 cm³/mol. The molecule has 118 valence electrons. The largest absolute Gasteiger partial charge is 0.489 e. The molecule has 0 radical (unpaired) electrons. The molecule has 0 aromatic heterocycles. The fourth-order valence-electron chi connectivity index (χ4n) is 2.15. The molecule has 0 fully saturated rings. The monoisotopic (exact) mass is 317 g/mol. The Balaban J connectivity index is 2.09. The standard InChI is InChI=1S/C19H24ClNO/c1-14-6-5-7-15(10-14)13-22-18-9-8-17(20)11-16(18)12-21-19(2,3)4/h5-11,21H,12-13H2,1-4H3. The van der Waals surface area contributed by atoms with E-state index in [1.165, 1.54) is 11.1 Å². The summed E-state index contributed by atoms with van der Waals surface area (Å²) in [6.45, 7) is 9.81. The molecule has 0 amide bonds. The van der Waals surface area contributed by atoms with E-state index in [2.05, 4.69) is 57.3 Å². The Bertz CT molecular complexity index is 632. The molecule has 0 aliphatic heterocycles. The van der Waals surface area contributed by atoms with Crippen LogP contribution in [0, 0.1) is 6.92 Å². The minimum atomic E-state index is 0.0517. The average Bonchev–Trinajstić information content (AvgIpc) is 2.43. The number of benzene rings is 2. The molecule has 3 heteroatoms. The first kappa shape index (κ1) is 16.9. The molecular formula is C19H24ClNO. The van der Waals surface area contributed by atoms with Gasteiger partial charge < -0.3 is 10.1 Å². The van der Waals surface area contributed by atoms with Crippen LogP contribution < -0.4 is 10.1 Å². The first-order chi connectivity index (χ1) is 10.3. The lowest BCUT2D eigenvalue weighted by molar-refractivity contribution is 0.300. The SMILES string of the molecule is Cc1cccc(COc2ccc(Cl)cc2CNC(C)(C)C)c1. The van der Waals surface area contributed by atoms with Crippen LogP contribution in [-0.4, -0.2) is 5.54 Å². The van der Waals surface area contributed by atoms with Gasteiger partial charge in [0.2, 0.25) is 0 Å². The van der Waals surface area contributed by atoms with E-state index in [-0.39, 0.29) is 5.54 Å². The van der Waals surface area contributed by atoms with Crippen LogP contribution >= 0.6 is 11.6 Å². The van der Waals surface area contributed by atoms with Crippen molar-refractivity contribution in [2.75, 3.05) is 0 Å². The third kappa shape index (κ3) is 5.36. The molecule has 0 saturated heterocycles. The molecule has 2 aromatic carbocycles. The molecule has 0 unspecified atom stereocenters. The van der Waals surface area contributed by atoms with E-state index in [1.54, 1.807) is 0 Å². The quantitative estimate of drug-likeness (QED) is 0.826. The number of nitrogens with one attached hydrogen (secondary N) is 1. The van der Waals surface area contributed by atoms with Crippen molar-refractivity contribution in [2.45, 2.75) is 46.4 Å². The molecule has 2 nitrogen and oxygen atoms in total. The third-order valence-corrected chi connectivity index (χ3v) is 3.54. The summed E-state index contributed by atoms with van der Waals surface area (Å²) in [7, 11) is 0. The summed E-state index contributed by atoms with van der Waals surface area (Å²) in [6.07, 6.45) is 0. The number of aryl methyl sites for hydroxylation is 1. The van der Waals surface area contributed by atoms with E-state index >= 15 is 0 Å². The van der Waals surface area contributed by atoms with Gasteiger partial charge in [-0.05, 0) is 51.5 Å². The molecule has 1 N–H and O–H groups in total. The van der Waals surface area contributed by atoms with Crippen LogP contribution in [0.15, 0.2) is 42.5 Å². The van der Waals surface area contributed by atoms with Gasteiger partial charge in [0.05, 0.1) is 0 Å².